The maximum atomic E-state index is 12.1. The molecule has 0 aromatic heterocycles. The molecule has 0 aliphatic heterocycles. The molecule has 3 amide bonds. The summed E-state index contributed by atoms with van der Waals surface area (Å²) in [4.78, 5) is 35.5. The van der Waals surface area contributed by atoms with E-state index >= 15 is 0 Å². The number of carbonyl (C=O) groups is 3. The number of alkyl carbamates (subject to hydrolysis) is 1. The lowest BCUT2D eigenvalue weighted by Gasteiger charge is -2.19. The Bertz CT molecular complexity index is 950. The number of amides is 3. The van der Waals surface area contributed by atoms with Crippen molar-refractivity contribution in [1.82, 2.24) is 10.6 Å². The zero-order valence-electron chi connectivity index (χ0n) is 17.7. The van der Waals surface area contributed by atoms with E-state index in [4.69, 9.17) is 4.74 Å². The van der Waals surface area contributed by atoms with E-state index in [0.717, 1.165) is 15.6 Å². The van der Waals surface area contributed by atoms with E-state index in [1.54, 1.807) is 51.1 Å². The Labute approximate surface area is 190 Å². The Morgan fingerprint density at radius 2 is 1.68 bits per heavy atom. The quantitative estimate of drug-likeness (QED) is 0.508. The van der Waals surface area contributed by atoms with Crippen LogP contribution in [-0.2, 0) is 20.9 Å². The van der Waals surface area contributed by atoms with E-state index in [2.05, 4.69) is 31.9 Å². The number of hydrogen-bond donors (Lipinski definition) is 3. The van der Waals surface area contributed by atoms with Crippen LogP contribution in [0.25, 0.3) is 6.08 Å². The van der Waals surface area contributed by atoms with Gasteiger partial charge < -0.3 is 20.7 Å². The number of rotatable bonds is 7. The molecule has 0 heterocycles. The second-order valence-corrected chi connectivity index (χ2v) is 8.53. The van der Waals surface area contributed by atoms with E-state index in [-0.39, 0.29) is 18.4 Å². The first-order valence-electron chi connectivity index (χ1n) is 9.68. The van der Waals surface area contributed by atoms with E-state index < -0.39 is 11.7 Å². The molecule has 3 N–H and O–H groups in total. The standard InChI is InChI=1S/C23H26BrN3O4/c1-23(2,3)31-22(30)26-15-21(29)25-14-16-8-11-18(12-9-16)27-20(28)13-10-17-6-4-5-7-19(17)24/h4-13H,14-15H2,1-3H3,(H,25,29)(H,26,30)(H,27,28)/b13-10+. The van der Waals surface area contributed by atoms with Gasteiger partial charge in [-0.25, -0.2) is 4.79 Å². The minimum absolute atomic E-state index is 0.174. The van der Waals surface area contributed by atoms with Crippen LogP contribution in [0.4, 0.5) is 10.5 Å². The maximum absolute atomic E-state index is 12.1. The largest absolute Gasteiger partial charge is 0.444 e. The molecule has 0 radical (unpaired) electrons. The van der Waals surface area contributed by atoms with Gasteiger partial charge in [0.2, 0.25) is 11.8 Å². The molecule has 0 bridgehead atoms. The third kappa shape index (κ3) is 9.48. The van der Waals surface area contributed by atoms with Gasteiger partial charge in [0, 0.05) is 22.8 Å². The molecule has 0 aliphatic rings. The van der Waals surface area contributed by atoms with Crippen LogP contribution in [-0.4, -0.2) is 30.1 Å². The summed E-state index contributed by atoms with van der Waals surface area (Å²) in [6.07, 6.45) is 2.55. The minimum Gasteiger partial charge on any atom is -0.444 e. The summed E-state index contributed by atoms with van der Waals surface area (Å²) in [6, 6.07) is 14.7. The van der Waals surface area contributed by atoms with Gasteiger partial charge in [-0.2, -0.15) is 0 Å². The van der Waals surface area contributed by atoms with Crippen LogP contribution in [0, 0.1) is 0 Å². The van der Waals surface area contributed by atoms with Gasteiger partial charge >= 0.3 is 6.09 Å². The highest BCUT2D eigenvalue weighted by molar-refractivity contribution is 9.10. The number of carbonyl (C=O) groups excluding carboxylic acids is 3. The molecule has 2 rings (SSSR count). The van der Waals surface area contributed by atoms with Crippen LogP contribution in [0.1, 0.15) is 31.9 Å². The fraction of sp³-hybridized carbons (Fsp3) is 0.261. The SMILES string of the molecule is CC(C)(C)OC(=O)NCC(=O)NCc1ccc(NC(=O)/C=C/c2ccccc2Br)cc1. The van der Waals surface area contributed by atoms with Crippen molar-refractivity contribution in [2.45, 2.75) is 32.9 Å². The number of hydrogen-bond acceptors (Lipinski definition) is 4. The third-order valence-electron chi connectivity index (χ3n) is 3.82. The van der Waals surface area contributed by atoms with Gasteiger partial charge in [-0.15, -0.1) is 0 Å². The van der Waals surface area contributed by atoms with Crippen molar-refractivity contribution in [3.63, 3.8) is 0 Å². The summed E-state index contributed by atoms with van der Waals surface area (Å²) in [5.41, 5.74) is 1.78. The van der Waals surface area contributed by atoms with E-state index in [1.807, 2.05) is 24.3 Å². The molecule has 0 saturated heterocycles. The lowest BCUT2D eigenvalue weighted by molar-refractivity contribution is -0.120. The lowest BCUT2D eigenvalue weighted by atomic mass is 10.2. The van der Waals surface area contributed by atoms with Gasteiger partial charge in [0.05, 0.1) is 0 Å². The molecule has 31 heavy (non-hydrogen) atoms. The van der Waals surface area contributed by atoms with Crippen molar-refractivity contribution >= 4 is 45.6 Å². The van der Waals surface area contributed by atoms with Crippen LogP contribution in [0.5, 0.6) is 0 Å². The van der Waals surface area contributed by atoms with E-state index in [0.29, 0.717) is 12.2 Å². The predicted molar refractivity (Wildman–Crippen MR) is 124 cm³/mol. The highest BCUT2D eigenvalue weighted by Crippen LogP contribution is 2.17. The topological polar surface area (TPSA) is 96.5 Å². The molecule has 0 atom stereocenters. The number of halogens is 1. The maximum Gasteiger partial charge on any atom is 0.408 e. The van der Waals surface area contributed by atoms with E-state index in [9.17, 15) is 14.4 Å². The second kappa shape index (κ2) is 11.3. The monoisotopic (exact) mass is 487 g/mol. The first-order chi connectivity index (χ1) is 14.6. The number of anilines is 1. The average Bonchev–Trinajstić information content (AvgIpc) is 2.70. The molecule has 2 aromatic rings. The Balaban J connectivity index is 1.76. The summed E-state index contributed by atoms with van der Waals surface area (Å²) in [6.45, 7) is 5.37. The smallest absolute Gasteiger partial charge is 0.408 e. The zero-order valence-corrected chi connectivity index (χ0v) is 19.3. The molecule has 0 fully saturated rings. The molecule has 0 unspecified atom stereocenters. The van der Waals surface area contributed by atoms with Gasteiger partial charge in [0.15, 0.2) is 0 Å². The summed E-state index contributed by atoms with van der Waals surface area (Å²) >= 11 is 3.43. The van der Waals surface area contributed by atoms with Crippen molar-refractivity contribution < 1.29 is 19.1 Å². The number of nitrogens with one attached hydrogen (secondary N) is 3. The van der Waals surface area contributed by atoms with Crippen molar-refractivity contribution in [2.24, 2.45) is 0 Å². The van der Waals surface area contributed by atoms with Crippen LogP contribution in [0.2, 0.25) is 0 Å². The summed E-state index contributed by atoms with van der Waals surface area (Å²) in [5.74, 6) is -0.578. The molecule has 7 nitrogen and oxygen atoms in total. The Kier molecular flexibility index (Phi) is 8.81. The van der Waals surface area contributed by atoms with Crippen LogP contribution >= 0.6 is 15.9 Å². The third-order valence-corrected chi connectivity index (χ3v) is 4.54. The zero-order chi connectivity index (χ0) is 22.9. The van der Waals surface area contributed by atoms with Gasteiger partial charge in [0.25, 0.3) is 0 Å². The predicted octanol–water partition coefficient (Wildman–Crippen LogP) is 4.24. The first kappa shape index (κ1) is 24.1. The van der Waals surface area contributed by atoms with Crippen LogP contribution < -0.4 is 16.0 Å². The van der Waals surface area contributed by atoms with Crippen molar-refractivity contribution in [2.75, 3.05) is 11.9 Å². The minimum atomic E-state index is -0.642. The highest BCUT2D eigenvalue weighted by atomic mass is 79.9. The first-order valence-corrected chi connectivity index (χ1v) is 10.5. The molecule has 2 aromatic carbocycles. The average molecular weight is 488 g/mol. The van der Waals surface area contributed by atoms with Crippen LogP contribution in [0.15, 0.2) is 59.1 Å². The lowest BCUT2D eigenvalue weighted by Crippen LogP contribution is -2.39. The summed E-state index contributed by atoms with van der Waals surface area (Å²) in [5, 5.41) is 7.90. The number of ether oxygens (including phenoxy) is 1. The number of benzene rings is 2. The molecule has 164 valence electrons. The van der Waals surface area contributed by atoms with Gasteiger partial charge in [-0.3, -0.25) is 9.59 Å². The normalized spacial score (nSPS) is 11.1. The van der Waals surface area contributed by atoms with Crippen molar-refractivity contribution in [1.29, 1.82) is 0 Å². The fourth-order valence-electron chi connectivity index (χ4n) is 2.40. The van der Waals surface area contributed by atoms with Crippen LogP contribution in [0.3, 0.4) is 0 Å². The van der Waals surface area contributed by atoms with Gasteiger partial charge in [-0.05, 0) is 56.2 Å². The Morgan fingerprint density at radius 1 is 1.00 bits per heavy atom. The second-order valence-electron chi connectivity index (χ2n) is 7.67. The van der Waals surface area contributed by atoms with Gasteiger partial charge in [0.1, 0.15) is 12.1 Å². The van der Waals surface area contributed by atoms with Crippen molar-refractivity contribution in [3.05, 3.63) is 70.2 Å². The molecule has 0 spiro atoms. The Morgan fingerprint density at radius 3 is 2.32 bits per heavy atom. The summed E-state index contributed by atoms with van der Waals surface area (Å²) in [7, 11) is 0. The molecular weight excluding hydrogens is 462 g/mol. The highest BCUT2D eigenvalue weighted by Gasteiger charge is 2.16. The van der Waals surface area contributed by atoms with E-state index in [1.165, 1.54) is 6.08 Å². The Hall–Kier alpha value is -3.13. The van der Waals surface area contributed by atoms with Gasteiger partial charge in [-0.1, -0.05) is 46.3 Å². The fourth-order valence-corrected chi connectivity index (χ4v) is 2.81. The molecular formula is C23H26BrN3O4. The molecule has 8 heteroatoms. The molecule has 0 saturated carbocycles. The van der Waals surface area contributed by atoms with Crippen molar-refractivity contribution in [3.8, 4) is 0 Å². The molecule has 0 aliphatic carbocycles. The summed E-state index contributed by atoms with van der Waals surface area (Å²) < 4.78 is 5.98.